The van der Waals surface area contributed by atoms with E-state index < -0.39 is 0 Å². The second-order valence-corrected chi connectivity index (χ2v) is 11.1. The highest BCUT2D eigenvalue weighted by Gasteiger charge is 2.24. The predicted octanol–water partition coefficient (Wildman–Crippen LogP) is 10.8. The van der Waals surface area contributed by atoms with Gasteiger partial charge in [0.1, 0.15) is 6.17 Å². The summed E-state index contributed by atoms with van der Waals surface area (Å²) in [7, 11) is 0. The molecule has 0 aromatic heterocycles. The minimum absolute atomic E-state index is 0.643. The molecule has 0 amide bonds. The molecule has 2 nitrogen and oxygen atoms in total. The van der Waals surface area contributed by atoms with Crippen LogP contribution in [-0.2, 0) is 0 Å². The fourth-order valence-electron chi connectivity index (χ4n) is 5.45. The molecule has 1 rings (SSSR count). The van der Waals surface area contributed by atoms with Gasteiger partial charge in [-0.2, -0.15) is 0 Å². The monoisotopic (exact) mass is 477 g/mol. The van der Waals surface area contributed by atoms with Crippen molar-refractivity contribution in [3.63, 3.8) is 0 Å². The lowest BCUT2D eigenvalue weighted by molar-refractivity contribution is 0.136. The van der Waals surface area contributed by atoms with Gasteiger partial charge in [0.25, 0.3) is 0 Å². The van der Waals surface area contributed by atoms with E-state index in [1.807, 2.05) is 0 Å². The minimum atomic E-state index is 0.643. The van der Waals surface area contributed by atoms with Crippen LogP contribution in [0.4, 0.5) is 0 Å². The van der Waals surface area contributed by atoms with E-state index in [0.717, 1.165) is 0 Å². The van der Waals surface area contributed by atoms with Crippen LogP contribution < -0.4 is 0 Å². The highest BCUT2D eigenvalue weighted by Crippen LogP contribution is 2.23. The van der Waals surface area contributed by atoms with E-state index >= 15 is 0 Å². The number of nitrogens with zero attached hydrogens (tertiary/aromatic N) is 2. The van der Waals surface area contributed by atoms with Crippen molar-refractivity contribution in [3.8, 4) is 0 Å². The van der Waals surface area contributed by atoms with Gasteiger partial charge >= 0.3 is 0 Å². The van der Waals surface area contributed by atoms with Crippen LogP contribution in [0.25, 0.3) is 0 Å². The summed E-state index contributed by atoms with van der Waals surface area (Å²) in [6.45, 7) is 9.43. The zero-order chi connectivity index (χ0) is 24.5. The van der Waals surface area contributed by atoms with Crippen molar-refractivity contribution < 1.29 is 0 Å². The molecule has 0 fully saturated rings. The van der Waals surface area contributed by atoms with E-state index in [-0.39, 0.29) is 0 Å². The van der Waals surface area contributed by atoms with Crippen LogP contribution >= 0.6 is 0 Å². The lowest BCUT2D eigenvalue weighted by Crippen LogP contribution is -2.39. The molecule has 0 N–H and O–H groups in total. The molecule has 0 radical (unpaired) electrons. The predicted molar refractivity (Wildman–Crippen MR) is 154 cm³/mol. The standard InChI is InChI=1S/C32H64N2/c1-4-7-10-12-14-15-16-17-18-19-20-21-22-23-25-27-32-33(28-9-6-3)30-31-34(32)29-26-24-13-11-8-5-2/h30-32H,4-29H2,1-3H3. The fourth-order valence-corrected chi connectivity index (χ4v) is 5.45. The Morgan fingerprint density at radius 1 is 0.382 bits per heavy atom. The van der Waals surface area contributed by atoms with Gasteiger partial charge in [-0.05, 0) is 25.7 Å². The Morgan fingerprint density at radius 2 is 0.706 bits per heavy atom. The Labute approximate surface area is 216 Å². The topological polar surface area (TPSA) is 6.48 Å². The summed E-state index contributed by atoms with van der Waals surface area (Å²) in [4.78, 5) is 5.31. The zero-order valence-corrected chi connectivity index (χ0v) is 24.0. The molecule has 202 valence electrons. The van der Waals surface area contributed by atoms with Crippen LogP contribution in [0.15, 0.2) is 12.4 Å². The zero-order valence-electron chi connectivity index (χ0n) is 24.0. The summed E-state index contributed by atoms with van der Waals surface area (Å²) >= 11 is 0. The summed E-state index contributed by atoms with van der Waals surface area (Å²) < 4.78 is 0. The van der Waals surface area contributed by atoms with Crippen molar-refractivity contribution in [2.75, 3.05) is 13.1 Å². The highest BCUT2D eigenvalue weighted by molar-refractivity contribution is 4.96. The molecular weight excluding hydrogens is 412 g/mol. The number of rotatable bonds is 26. The number of unbranched alkanes of at least 4 members (excludes halogenated alkanes) is 20. The van der Waals surface area contributed by atoms with Crippen LogP contribution in [0.2, 0.25) is 0 Å². The van der Waals surface area contributed by atoms with Gasteiger partial charge in [-0.1, -0.05) is 149 Å². The average molecular weight is 477 g/mol. The average Bonchev–Trinajstić information content (AvgIpc) is 3.23. The summed E-state index contributed by atoms with van der Waals surface area (Å²) in [6, 6.07) is 0. The van der Waals surface area contributed by atoms with E-state index in [1.54, 1.807) is 0 Å². The molecule has 1 unspecified atom stereocenters. The first kappa shape index (κ1) is 31.4. The van der Waals surface area contributed by atoms with Gasteiger partial charge in [-0.3, -0.25) is 0 Å². The fraction of sp³-hybridized carbons (Fsp3) is 0.938. The van der Waals surface area contributed by atoms with Crippen molar-refractivity contribution in [3.05, 3.63) is 12.4 Å². The Hall–Kier alpha value is -0.660. The molecule has 1 heterocycles. The minimum Gasteiger partial charge on any atom is -0.356 e. The second kappa shape index (κ2) is 24.1. The van der Waals surface area contributed by atoms with Crippen LogP contribution in [0, 0.1) is 0 Å². The van der Waals surface area contributed by atoms with E-state index in [2.05, 4.69) is 43.0 Å². The lowest BCUT2D eigenvalue weighted by Gasteiger charge is -2.33. The summed E-state index contributed by atoms with van der Waals surface area (Å²) in [5.74, 6) is 0. The van der Waals surface area contributed by atoms with Crippen LogP contribution in [0.5, 0.6) is 0 Å². The quantitative estimate of drug-likeness (QED) is 0.114. The summed E-state index contributed by atoms with van der Waals surface area (Å²) in [5.41, 5.74) is 0. The van der Waals surface area contributed by atoms with Gasteiger partial charge in [0, 0.05) is 25.5 Å². The van der Waals surface area contributed by atoms with Gasteiger partial charge < -0.3 is 9.80 Å². The van der Waals surface area contributed by atoms with Gasteiger partial charge in [0.15, 0.2) is 0 Å². The first-order valence-electron chi connectivity index (χ1n) is 16.0. The van der Waals surface area contributed by atoms with E-state index in [0.29, 0.717) is 6.17 Å². The van der Waals surface area contributed by atoms with Crippen molar-refractivity contribution in [2.45, 2.75) is 181 Å². The molecule has 1 aliphatic heterocycles. The Balaban J connectivity index is 2.05. The normalized spacial score (nSPS) is 15.7. The van der Waals surface area contributed by atoms with Gasteiger partial charge in [-0.25, -0.2) is 0 Å². The van der Waals surface area contributed by atoms with E-state index in [4.69, 9.17) is 0 Å². The molecule has 34 heavy (non-hydrogen) atoms. The molecule has 0 aliphatic carbocycles. The SMILES string of the molecule is CCCCCCCCCCCCCCCCCC1N(CCCC)C=CN1CCCCCCCC. The summed E-state index contributed by atoms with van der Waals surface area (Å²) in [5, 5.41) is 0. The molecular formula is C32H64N2. The Morgan fingerprint density at radius 3 is 1.12 bits per heavy atom. The molecule has 0 bridgehead atoms. The summed E-state index contributed by atoms with van der Waals surface area (Å²) in [6.07, 6.45) is 39.6. The van der Waals surface area contributed by atoms with Gasteiger partial charge in [-0.15, -0.1) is 0 Å². The van der Waals surface area contributed by atoms with Crippen molar-refractivity contribution in [1.29, 1.82) is 0 Å². The molecule has 0 saturated carbocycles. The maximum absolute atomic E-state index is 2.67. The Kier molecular flexibility index (Phi) is 22.2. The first-order valence-corrected chi connectivity index (χ1v) is 16.0. The van der Waals surface area contributed by atoms with Crippen LogP contribution in [0.3, 0.4) is 0 Å². The van der Waals surface area contributed by atoms with Gasteiger partial charge in [0.2, 0.25) is 0 Å². The first-order chi connectivity index (χ1) is 16.8. The molecule has 1 aliphatic rings. The molecule has 0 aromatic rings. The molecule has 2 heteroatoms. The smallest absolute Gasteiger partial charge is 0.101 e. The van der Waals surface area contributed by atoms with Crippen molar-refractivity contribution in [1.82, 2.24) is 9.80 Å². The third-order valence-corrected chi connectivity index (χ3v) is 7.82. The van der Waals surface area contributed by atoms with Gasteiger partial charge in [0.05, 0.1) is 0 Å². The van der Waals surface area contributed by atoms with Crippen molar-refractivity contribution in [2.24, 2.45) is 0 Å². The van der Waals surface area contributed by atoms with E-state index in [9.17, 15) is 0 Å². The molecule has 1 atom stereocenters. The number of hydrogen-bond donors (Lipinski definition) is 0. The third kappa shape index (κ3) is 16.9. The molecule has 0 spiro atoms. The molecule has 0 aromatic carbocycles. The highest BCUT2D eigenvalue weighted by atomic mass is 15.4. The molecule has 0 saturated heterocycles. The maximum Gasteiger partial charge on any atom is 0.101 e. The number of hydrogen-bond acceptors (Lipinski definition) is 2. The van der Waals surface area contributed by atoms with Crippen LogP contribution in [-0.4, -0.2) is 29.1 Å². The van der Waals surface area contributed by atoms with E-state index in [1.165, 1.54) is 167 Å². The lowest BCUT2D eigenvalue weighted by atomic mass is 10.0. The maximum atomic E-state index is 2.67. The third-order valence-electron chi connectivity index (χ3n) is 7.82. The Bertz CT molecular complexity index is 433. The second-order valence-electron chi connectivity index (χ2n) is 11.1. The van der Waals surface area contributed by atoms with Crippen molar-refractivity contribution >= 4 is 0 Å². The van der Waals surface area contributed by atoms with Crippen LogP contribution in [0.1, 0.15) is 175 Å². The largest absolute Gasteiger partial charge is 0.356 e.